The average molecular weight is 322 g/mol. The van der Waals surface area contributed by atoms with E-state index in [9.17, 15) is 10.2 Å². The van der Waals surface area contributed by atoms with Crippen LogP contribution in [0.25, 0.3) is 11.1 Å². The highest BCUT2D eigenvalue weighted by atomic mass is 16.3. The van der Waals surface area contributed by atoms with E-state index in [-0.39, 0.29) is 11.5 Å². The molecular weight excluding hydrogens is 296 g/mol. The number of hydrogen-bond acceptors (Lipinski definition) is 2. The summed E-state index contributed by atoms with van der Waals surface area (Å²) in [4.78, 5) is 0. The first-order chi connectivity index (χ1) is 11.6. The van der Waals surface area contributed by atoms with Crippen LogP contribution >= 0.6 is 0 Å². The minimum Gasteiger partial charge on any atom is -0.507 e. The lowest BCUT2D eigenvalue weighted by Gasteiger charge is -2.14. The van der Waals surface area contributed by atoms with Gasteiger partial charge in [0.25, 0.3) is 0 Å². The van der Waals surface area contributed by atoms with Gasteiger partial charge in [0, 0.05) is 11.1 Å². The van der Waals surface area contributed by atoms with E-state index in [1.54, 1.807) is 6.07 Å². The van der Waals surface area contributed by atoms with Crippen LogP contribution in [-0.2, 0) is 19.3 Å². The van der Waals surface area contributed by atoms with Gasteiger partial charge >= 0.3 is 0 Å². The number of hydrogen-bond donors (Lipinski definition) is 2. The van der Waals surface area contributed by atoms with Crippen LogP contribution in [0.15, 0.2) is 55.6 Å². The van der Waals surface area contributed by atoms with Crippen molar-refractivity contribution in [2.24, 2.45) is 0 Å². The molecule has 2 heteroatoms. The summed E-state index contributed by atoms with van der Waals surface area (Å²) in [5.74, 6) is 0.379. The maximum atomic E-state index is 10.5. The fraction of sp³-hybridized carbons (Fsp3) is 0.273. The summed E-state index contributed by atoms with van der Waals surface area (Å²) in [6.45, 7) is 9.75. The molecule has 2 N–H and O–H groups in total. The molecule has 0 saturated carbocycles. The summed E-state index contributed by atoms with van der Waals surface area (Å²) in [7, 11) is 0. The van der Waals surface area contributed by atoms with Gasteiger partial charge in [-0.05, 0) is 66.6 Å². The Morgan fingerprint density at radius 1 is 0.875 bits per heavy atom. The van der Waals surface area contributed by atoms with Gasteiger partial charge in [0.1, 0.15) is 11.5 Å². The van der Waals surface area contributed by atoms with Crippen molar-refractivity contribution < 1.29 is 10.2 Å². The minimum absolute atomic E-state index is 0.170. The highest BCUT2D eigenvalue weighted by Crippen LogP contribution is 2.38. The van der Waals surface area contributed by atoms with Gasteiger partial charge in [0.05, 0.1) is 0 Å². The minimum atomic E-state index is 0.170. The van der Waals surface area contributed by atoms with Crippen LogP contribution in [0.1, 0.15) is 36.5 Å². The summed E-state index contributed by atoms with van der Waals surface area (Å²) in [5.41, 5.74) is 4.67. The average Bonchev–Trinajstić information content (AvgIpc) is 2.57. The molecule has 0 aliphatic rings. The van der Waals surface area contributed by atoms with Crippen molar-refractivity contribution in [3.8, 4) is 22.6 Å². The van der Waals surface area contributed by atoms with Gasteiger partial charge in [-0.2, -0.15) is 0 Å². The van der Waals surface area contributed by atoms with E-state index in [4.69, 9.17) is 0 Å². The first-order valence-electron chi connectivity index (χ1n) is 8.49. The molecule has 0 aliphatic heterocycles. The van der Waals surface area contributed by atoms with Crippen molar-refractivity contribution in [2.75, 3.05) is 0 Å². The summed E-state index contributed by atoms with van der Waals surface area (Å²) in [6.07, 6.45) is 8.31. The summed E-state index contributed by atoms with van der Waals surface area (Å²) in [5, 5.41) is 20.8. The third kappa shape index (κ3) is 4.08. The van der Waals surface area contributed by atoms with Gasteiger partial charge in [0.15, 0.2) is 0 Å². The van der Waals surface area contributed by atoms with E-state index in [1.807, 2.05) is 36.4 Å². The molecule has 0 aromatic heterocycles. The third-order valence-electron chi connectivity index (χ3n) is 4.21. The maximum absolute atomic E-state index is 10.5. The quantitative estimate of drug-likeness (QED) is 0.624. The summed E-state index contributed by atoms with van der Waals surface area (Å²) >= 11 is 0. The standard InChI is InChI=1S/C22H26O2/c1-4-7-10-18-15-22(24)20(14-17(18)9-6-3)19-13-16(8-5-2)11-12-21(19)23/h5-6,11-15,23-24H,2-4,7-10H2,1H3. The van der Waals surface area contributed by atoms with Gasteiger partial charge in [0.2, 0.25) is 0 Å². The lowest BCUT2D eigenvalue weighted by atomic mass is 9.92. The maximum Gasteiger partial charge on any atom is 0.123 e. The molecule has 0 heterocycles. The van der Waals surface area contributed by atoms with Crippen LogP contribution in [0, 0.1) is 0 Å². The predicted octanol–water partition coefficient (Wildman–Crippen LogP) is 5.56. The van der Waals surface area contributed by atoms with Crippen LogP contribution in [-0.4, -0.2) is 10.2 Å². The van der Waals surface area contributed by atoms with Crippen LogP contribution in [0.5, 0.6) is 11.5 Å². The first-order valence-corrected chi connectivity index (χ1v) is 8.49. The molecule has 0 amide bonds. The summed E-state index contributed by atoms with van der Waals surface area (Å²) < 4.78 is 0. The van der Waals surface area contributed by atoms with Crippen molar-refractivity contribution in [3.63, 3.8) is 0 Å². The Balaban J connectivity index is 2.53. The predicted molar refractivity (Wildman–Crippen MR) is 102 cm³/mol. The second-order valence-electron chi connectivity index (χ2n) is 6.08. The van der Waals surface area contributed by atoms with Gasteiger partial charge in [-0.1, -0.05) is 31.6 Å². The molecule has 2 nitrogen and oxygen atoms in total. The zero-order valence-electron chi connectivity index (χ0n) is 14.4. The molecule has 0 radical (unpaired) electrons. The molecule has 0 fully saturated rings. The highest BCUT2D eigenvalue weighted by Gasteiger charge is 2.14. The van der Waals surface area contributed by atoms with Crippen molar-refractivity contribution in [1.29, 1.82) is 0 Å². The summed E-state index contributed by atoms with van der Waals surface area (Å²) in [6, 6.07) is 9.28. The van der Waals surface area contributed by atoms with E-state index in [2.05, 4.69) is 20.1 Å². The van der Waals surface area contributed by atoms with Gasteiger partial charge in [-0.15, -0.1) is 13.2 Å². The molecular formula is C22H26O2. The topological polar surface area (TPSA) is 40.5 Å². The first kappa shape index (κ1) is 17.9. The fourth-order valence-corrected chi connectivity index (χ4v) is 2.93. The van der Waals surface area contributed by atoms with E-state index in [1.165, 1.54) is 0 Å². The second-order valence-corrected chi connectivity index (χ2v) is 6.08. The zero-order chi connectivity index (χ0) is 17.5. The molecule has 2 aromatic rings. The van der Waals surface area contributed by atoms with Gasteiger partial charge in [-0.3, -0.25) is 0 Å². The number of allylic oxidation sites excluding steroid dienone is 2. The Kier molecular flexibility index (Phi) is 6.25. The number of phenolic OH excluding ortho intramolecular Hbond substituents is 2. The lowest BCUT2D eigenvalue weighted by Crippen LogP contribution is -1.96. The number of benzene rings is 2. The van der Waals surface area contributed by atoms with E-state index in [0.29, 0.717) is 11.1 Å². The molecule has 2 aromatic carbocycles. The number of unbranched alkanes of at least 4 members (excludes halogenated alkanes) is 1. The van der Waals surface area contributed by atoms with E-state index < -0.39 is 0 Å². The highest BCUT2D eigenvalue weighted by molar-refractivity contribution is 5.77. The molecule has 126 valence electrons. The Hall–Kier alpha value is -2.48. The smallest absolute Gasteiger partial charge is 0.123 e. The SMILES string of the molecule is C=CCc1ccc(O)c(-c2cc(CC=C)c(CCCC)cc2O)c1. The normalized spacial score (nSPS) is 10.5. The molecule has 2 rings (SSSR count). The molecule has 0 unspecified atom stereocenters. The molecule has 0 spiro atoms. The lowest BCUT2D eigenvalue weighted by molar-refractivity contribution is 0.468. The Bertz CT molecular complexity index is 729. The molecule has 0 bridgehead atoms. The van der Waals surface area contributed by atoms with E-state index in [0.717, 1.165) is 48.8 Å². The van der Waals surface area contributed by atoms with Gasteiger partial charge in [-0.25, -0.2) is 0 Å². The van der Waals surface area contributed by atoms with Crippen molar-refractivity contribution >= 4 is 0 Å². The number of rotatable bonds is 8. The molecule has 24 heavy (non-hydrogen) atoms. The Labute approximate surface area is 144 Å². The van der Waals surface area contributed by atoms with Crippen molar-refractivity contribution in [2.45, 2.75) is 39.0 Å². The van der Waals surface area contributed by atoms with E-state index >= 15 is 0 Å². The molecule has 0 atom stereocenters. The second kappa shape index (κ2) is 8.39. The number of phenols is 2. The molecule has 0 aliphatic carbocycles. The number of aromatic hydroxyl groups is 2. The van der Waals surface area contributed by atoms with Crippen LogP contribution in [0.4, 0.5) is 0 Å². The largest absolute Gasteiger partial charge is 0.507 e. The Morgan fingerprint density at radius 2 is 1.58 bits per heavy atom. The monoisotopic (exact) mass is 322 g/mol. The van der Waals surface area contributed by atoms with Crippen LogP contribution in [0.2, 0.25) is 0 Å². The van der Waals surface area contributed by atoms with Crippen LogP contribution < -0.4 is 0 Å². The fourth-order valence-electron chi connectivity index (χ4n) is 2.93. The zero-order valence-corrected chi connectivity index (χ0v) is 14.4. The third-order valence-corrected chi connectivity index (χ3v) is 4.21. The molecule has 0 saturated heterocycles. The van der Waals surface area contributed by atoms with Crippen LogP contribution in [0.3, 0.4) is 0 Å². The Morgan fingerprint density at radius 3 is 2.25 bits per heavy atom. The van der Waals surface area contributed by atoms with Crippen molar-refractivity contribution in [3.05, 3.63) is 72.3 Å². The van der Waals surface area contributed by atoms with Crippen molar-refractivity contribution in [1.82, 2.24) is 0 Å². The number of aryl methyl sites for hydroxylation is 1. The van der Waals surface area contributed by atoms with Gasteiger partial charge < -0.3 is 10.2 Å².